The number of urea groups is 1. The van der Waals surface area contributed by atoms with Crippen molar-refractivity contribution < 1.29 is 17.6 Å². The van der Waals surface area contributed by atoms with E-state index in [9.17, 15) is 13.2 Å². The van der Waals surface area contributed by atoms with E-state index in [1.807, 2.05) is 0 Å². The summed E-state index contributed by atoms with van der Waals surface area (Å²) in [6, 6.07) is 5.82. The quantitative estimate of drug-likeness (QED) is 0.741. The Labute approximate surface area is 145 Å². The number of amides is 2. The smallest absolute Gasteiger partial charge is 0.319 e. The first kappa shape index (κ1) is 17.4. The number of benzene rings is 1. The summed E-state index contributed by atoms with van der Waals surface area (Å²) in [6.07, 6.45) is 4.04. The largest absolute Gasteiger partial charge is 0.447 e. The fourth-order valence-corrected chi connectivity index (χ4v) is 4.45. The molecule has 0 radical (unpaired) electrons. The molecule has 1 aliphatic heterocycles. The van der Waals surface area contributed by atoms with Gasteiger partial charge in [0.2, 0.25) is 0 Å². The van der Waals surface area contributed by atoms with Crippen LogP contribution in [0.5, 0.6) is 0 Å². The van der Waals surface area contributed by atoms with E-state index in [1.165, 1.54) is 24.7 Å². The minimum atomic E-state index is -3.33. The molecule has 8 nitrogen and oxygen atoms in total. The average molecular weight is 364 g/mol. The van der Waals surface area contributed by atoms with Crippen molar-refractivity contribution in [3.05, 3.63) is 42.6 Å². The maximum Gasteiger partial charge on any atom is 0.319 e. The molecule has 1 aliphatic rings. The molecule has 1 saturated heterocycles. The van der Waals surface area contributed by atoms with Crippen molar-refractivity contribution in [2.45, 2.75) is 29.5 Å². The second kappa shape index (κ2) is 7.66. The summed E-state index contributed by atoms with van der Waals surface area (Å²) < 4.78 is 30.2. The Kier molecular flexibility index (Phi) is 5.34. The van der Waals surface area contributed by atoms with Gasteiger partial charge >= 0.3 is 6.03 Å². The summed E-state index contributed by atoms with van der Waals surface area (Å²) in [5.41, 5.74) is 0.513. The molecule has 2 amide bonds. The zero-order valence-corrected chi connectivity index (χ0v) is 14.4. The van der Waals surface area contributed by atoms with Crippen molar-refractivity contribution in [2.24, 2.45) is 0 Å². The van der Waals surface area contributed by atoms with Crippen LogP contribution in [0.2, 0.25) is 0 Å². The van der Waals surface area contributed by atoms with Crippen LogP contribution >= 0.6 is 0 Å². The molecule has 0 unspecified atom stereocenters. The summed E-state index contributed by atoms with van der Waals surface area (Å²) in [6.45, 7) is 1.65. The monoisotopic (exact) mass is 364 g/mol. The summed E-state index contributed by atoms with van der Waals surface area (Å²) in [4.78, 5) is 15.9. The average Bonchev–Trinajstić information content (AvgIpc) is 3.15. The lowest BCUT2D eigenvalue weighted by molar-refractivity contribution is 0.251. The number of anilines is 1. The van der Waals surface area contributed by atoms with Gasteiger partial charge in [-0.05, 0) is 50.2 Å². The number of nitrogens with one attached hydrogen (secondary N) is 3. The standard InChI is InChI=1S/C16H20N4O4S/c21-16(19-10-13-9-18-11-24-13)20-12-1-3-14(4-2-12)25(22,23)15-5-7-17-8-6-15/h1-4,9,11,15,17H,5-8,10H2,(H2,19,20,21). The Balaban J connectivity index is 1.58. The van der Waals surface area contributed by atoms with Gasteiger partial charge < -0.3 is 20.4 Å². The van der Waals surface area contributed by atoms with Crippen LogP contribution in [0.25, 0.3) is 0 Å². The fraction of sp³-hybridized carbons (Fsp3) is 0.375. The Hall–Kier alpha value is -2.39. The highest BCUT2D eigenvalue weighted by molar-refractivity contribution is 7.92. The molecule has 1 aromatic heterocycles. The van der Waals surface area contributed by atoms with Crippen molar-refractivity contribution in [1.29, 1.82) is 0 Å². The van der Waals surface area contributed by atoms with Gasteiger partial charge in [0.1, 0.15) is 5.76 Å². The molecule has 3 N–H and O–H groups in total. The molecule has 25 heavy (non-hydrogen) atoms. The van der Waals surface area contributed by atoms with Crippen LogP contribution in [0.4, 0.5) is 10.5 Å². The summed E-state index contributed by atoms with van der Waals surface area (Å²) in [5, 5.41) is 8.08. The van der Waals surface area contributed by atoms with Crippen molar-refractivity contribution in [3.63, 3.8) is 0 Å². The van der Waals surface area contributed by atoms with Crippen molar-refractivity contribution in [3.8, 4) is 0 Å². The predicted octanol–water partition coefficient (Wildman–Crippen LogP) is 1.52. The molecular weight excluding hydrogens is 344 g/mol. The third-order valence-corrected chi connectivity index (χ3v) is 6.35. The first-order valence-corrected chi connectivity index (χ1v) is 9.57. The topological polar surface area (TPSA) is 113 Å². The minimum absolute atomic E-state index is 0.216. The van der Waals surface area contributed by atoms with Crippen LogP contribution in [-0.2, 0) is 16.4 Å². The fourth-order valence-electron chi connectivity index (χ4n) is 2.70. The molecule has 2 heterocycles. The van der Waals surface area contributed by atoms with Crippen LogP contribution < -0.4 is 16.0 Å². The summed E-state index contributed by atoms with van der Waals surface area (Å²) in [5.74, 6) is 0.540. The second-order valence-electron chi connectivity index (χ2n) is 5.79. The third-order valence-electron chi connectivity index (χ3n) is 4.07. The van der Waals surface area contributed by atoms with Gasteiger partial charge in [0, 0.05) is 5.69 Å². The molecule has 0 saturated carbocycles. The van der Waals surface area contributed by atoms with Crippen molar-refractivity contribution in [1.82, 2.24) is 15.6 Å². The van der Waals surface area contributed by atoms with Gasteiger partial charge in [0.25, 0.3) is 0 Å². The maximum absolute atomic E-state index is 12.6. The number of oxazole rings is 1. The van der Waals surface area contributed by atoms with E-state index in [0.717, 1.165) is 13.1 Å². The zero-order valence-electron chi connectivity index (χ0n) is 13.6. The van der Waals surface area contributed by atoms with Gasteiger partial charge in [-0.3, -0.25) is 0 Å². The molecule has 1 fully saturated rings. The lowest BCUT2D eigenvalue weighted by atomic mass is 10.2. The predicted molar refractivity (Wildman–Crippen MR) is 91.9 cm³/mol. The SMILES string of the molecule is O=C(NCc1cnco1)Nc1ccc(S(=O)(=O)C2CCNCC2)cc1. The van der Waals surface area contributed by atoms with Gasteiger partial charge in [-0.15, -0.1) is 0 Å². The molecule has 134 valence electrons. The number of rotatable bonds is 5. The van der Waals surface area contributed by atoms with E-state index in [1.54, 1.807) is 12.1 Å². The molecule has 9 heteroatoms. The molecule has 0 atom stereocenters. The Bertz CT molecular complexity index is 797. The number of piperidine rings is 1. The van der Waals surface area contributed by atoms with Crippen LogP contribution in [0.1, 0.15) is 18.6 Å². The van der Waals surface area contributed by atoms with Gasteiger partial charge in [-0.1, -0.05) is 0 Å². The van der Waals surface area contributed by atoms with Gasteiger partial charge in [0.05, 0.1) is 22.9 Å². The molecule has 0 spiro atoms. The highest BCUT2D eigenvalue weighted by atomic mass is 32.2. The number of hydrogen-bond acceptors (Lipinski definition) is 6. The summed E-state index contributed by atoms with van der Waals surface area (Å²) >= 11 is 0. The Morgan fingerprint density at radius 2 is 1.96 bits per heavy atom. The van der Waals surface area contributed by atoms with E-state index in [-0.39, 0.29) is 16.7 Å². The maximum atomic E-state index is 12.6. The van der Waals surface area contributed by atoms with Gasteiger partial charge in [-0.25, -0.2) is 18.2 Å². The van der Waals surface area contributed by atoms with Crippen molar-refractivity contribution >= 4 is 21.6 Å². The van der Waals surface area contributed by atoms with E-state index in [2.05, 4.69) is 20.9 Å². The van der Waals surface area contributed by atoms with Crippen molar-refractivity contribution in [2.75, 3.05) is 18.4 Å². The molecule has 2 aromatic rings. The Morgan fingerprint density at radius 1 is 1.24 bits per heavy atom. The van der Waals surface area contributed by atoms with Gasteiger partial charge in [0.15, 0.2) is 16.2 Å². The third kappa shape index (κ3) is 4.37. The normalized spacial score (nSPS) is 15.7. The number of carbonyl (C=O) groups is 1. The molecule has 0 aliphatic carbocycles. The lowest BCUT2D eigenvalue weighted by Gasteiger charge is -2.22. The van der Waals surface area contributed by atoms with Crippen LogP contribution in [0.15, 0.2) is 46.2 Å². The first-order chi connectivity index (χ1) is 12.1. The van der Waals surface area contributed by atoms with Crippen LogP contribution in [0, 0.1) is 0 Å². The van der Waals surface area contributed by atoms with Crippen LogP contribution in [-0.4, -0.2) is 37.8 Å². The zero-order chi connectivity index (χ0) is 17.7. The molecular formula is C16H20N4O4S. The van der Waals surface area contributed by atoms with E-state index < -0.39 is 15.9 Å². The molecule has 3 rings (SSSR count). The summed E-state index contributed by atoms with van der Waals surface area (Å²) in [7, 11) is -3.33. The number of sulfone groups is 1. The minimum Gasteiger partial charge on any atom is -0.447 e. The Morgan fingerprint density at radius 3 is 2.60 bits per heavy atom. The molecule has 1 aromatic carbocycles. The van der Waals surface area contributed by atoms with Crippen LogP contribution in [0.3, 0.4) is 0 Å². The second-order valence-corrected chi connectivity index (χ2v) is 8.02. The van der Waals surface area contributed by atoms with E-state index >= 15 is 0 Å². The number of nitrogens with zero attached hydrogens (tertiary/aromatic N) is 1. The highest BCUT2D eigenvalue weighted by Crippen LogP contribution is 2.23. The van der Waals surface area contributed by atoms with Gasteiger partial charge in [-0.2, -0.15) is 0 Å². The lowest BCUT2D eigenvalue weighted by Crippen LogP contribution is -2.35. The first-order valence-electron chi connectivity index (χ1n) is 8.02. The number of carbonyl (C=O) groups excluding carboxylic acids is 1. The number of aromatic nitrogens is 1. The number of hydrogen-bond donors (Lipinski definition) is 3. The van der Waals surface area contributed by atoms with E-state index in [4.69, 9.17) is 4.42 Å². The van der Waals surface area contributed by atoms with E-state index in [0.29, 0.717) is 24.3 Å². The molecule has 0 bridgehead atoms. The highest BCUT2D eigenvalue weighted by Gasteiger charge is 2.28.